The summed E-state index contributed by atoms with van der Waals surface area (Å²) in [7, 11) is 4.11. The number of nitrogens with one attached hydrogen (secondary N) is 1. The zero-order valence-corrected chi connectivity index (χ0v) is 9.84. The third-order valence-corrected chi connectivity index (χ3v) is 2.67. The van der Waals surface area contributed by atoms with Gasteiger partial charge in [0.25, 0.3) is 0 Å². The molecule has 0 spiro atoms. The summed E-state index contributed by atoms with van der Waals surface area (Å²) in [5.41, 5.74) is 1.26. The van der Waals surface area contributed by atoms with Crippen molar-refractivity contribution < 1.29 is 4.42 Å². The predicted octanol–water partition coefficient (Wildman–Crippen LogP) is 1.90. The monoisotopic (exact) mass is 208 g/mol. The minimum atomic E-state index is 0.742. The van der Waals surface area contributed by atoms with Gasteiger partial charge in [-0.15, -0.1) is 0 Å². The maximum absolute atomic E-state index is 5.80. The van der Waals surface area contributed by atoms with Gasteiger partial charge in [0.1, 0.15) is 11.5 Å². The van der Waals surface area contributed by atoms with Crippen molar-refractivity contribution in [3.05, 3.63) is 23.2 Å². The summed E-state index contributed by atoms with van der Waals surface area (Å²) in [4.78, 5) is 2.12. The van der Waals surface area contributed by atoms with Crippen LogP contribution < -0.4 is 5.32 Å². The lowest BCUT2D eigenvalue weighted by atomic mass is 10.2. The maximum atomic E-state index is 5.80. The van der Waals surface area contributed by atoms with Crippen molar-refractivity contribution in [1.29, 1.82) is 0 Å². The van der Waals surface area contributed by atoms with Crippen molar-refractivity contribution in [2.24, 2.45) is 0 Å². The van der Waals surface area contributed by atoms with E-state index in [4.69, 9.17) is 4.42 Å². The molecule has 0 amide bonds. The predicted molar refractivity (Wildman–Crippen MR) is 60.7 cm³/mol. The molecule has 1 heterocycles. The molecule has 0 aliphatic heterocycles. The largest absolute Gasteiger partial charge is 0.463 e. The number of furan rings is 1. The van der Waals surface area contributed by atoms with Crippen LogP contribution in [0.3, 0.4) is 0 Å². The lowest BCUT2D eigenvalue weighted by molar-refractivity contribution is 0.338. The van der Waals surface area contributed by atoms with E-state index in [1.54, 1.807) is 0 Å². The molecule has 2 rings (SSSR count). The lowest BCUT2D eigenvalue weighted by Gasteiger charge is -2.05. The highest BCUT2D eigenvalue weighted by Crippen LogP contribution is 2.21. The Balaban J connectivity index is 1.93. The Morgan fingerprint density at radius 3 is 2.80 bits per heavy atom. The van der Waals surface area contributed by atoms with Gasteiger partial charge in [-0.25, -0.2) is 0 Å². The SMILES string of the molecule is Cc1cc(CN(C)C)oc1CNC1CC1. The Hall–Kier alpha value is -0.800. The first-order valence-corrected chi connectivity index (χ1v) is 5.61. The van der Waals surface area contributed by atoms with Gasteiger partial charge in [-0.2, -0.15) is 0 Å². The normalized spacial score (nSPS) is 16.3. The summed E-state index contributed by atoms with van der Waals surface area (Å²) in [5.74, 6) is 2.16. The van der Waals surface area contributed by atoms with E-state index in [1.807, 2.05) is 0 Å². The Labute approximate surface area is 91.4 Å². The molecule has 1 aliphatic carbocycles. The van der Waals surface area contributed by atoms with Gasteiger partial charge in [-0.05, 0) is 45.5 Å². The number of aryl methyl sites for hydroxylation is 1. The van der Waals surface area contributed by atoms with E-state index >= 15 is 0 Å². The summed E-state index contributed by atoms with van der Waals surface area (Å²) >= 11 is 0. The van der Waals surface area contributed by atoms with E-state index in [-0.39, 0.29) is 0 Å². The quantitative estimate of drug-likeness (QED) is 0.801. The molecule has 3 heteroatoms. The Kier molecular flexibility index (Phi) is 3.12. The fourth-order valence-corrected chi connectivity index (χ4v) is 1.68. The molecule has 1 aromatic rings. The van der Waals surface area contributed by atoms with Crippen LogP contribution in [-0.4, -0.2) is 25.0 Å². The molecule has 1 aromatic heterocycles. The molecule has 1 saturated carbocycles. The van der Waals surface area contributed by atoms with Crippen LogP contribution >= 0.6 is 0 Å². The van der Waals surface area contributed by atoms with E-state index in [1.165, 1.54) is 18.4 Å². The third kappa shape index (κ3) is 3.08. The second kappa shape index (κ2) is 4.37. The van der Waals surface area contributed by atoms with Gasteiger partial charge < -0.3 is 14.6 Å². The summed E-state index contributed by atoms with van der Waals surface area (Å²) in [6.45, 7) is 3.88. The van der Waals surface area contributed by atoms with Crippen molar-refractivity contribution in [1.82, 2.24) is 10.2 Å². The average molecular weight is 208 g/mol. The molecule has 1 aliphatic rings. The summed E-state index contributed by atoms with van der Waals surface area (Å²) < 4.78 is 5.80. The van der Waals surface area contributed by atoms with Crippen molar-refractivity contribution in [3.8, 4) is 0 Å². The second-order valence-electron chi connectivity index (χ2n) is 4.71. The Morgan fingerprint density at radius 2 is 2.20 bits per heavy atom. The van der Waals surface area contributed by atoms with Gasteiger partial charge >= 0.3 is 0 Å². The van der Waals surface area contributed by atoms with Gasteiger partial charge in [-0.3, -0.25) is 0 Å². The first-order valence-electron chi connectivity index (χ1n) is 5.61. The van der Waals surface area contributed by atoms with Crippen molar-refractivity contribution >= 4 is 0 Å². The van der Waals surface area contributed by atoms with Crippen LogP contribution in [0.2, 0.25) is 0 Å². The molecule has 0 unspecified atom stereocenters. The van der Waals surface area contributed by atoms with E-state index < -0.39 is 0 Å². The van der Waals surface area contributed by atoms with Crippen LogP contribution in [0.4, 0.5) is 0 Å². The molecule has 0 saturated heterocycles. The summed E-state index contributed by atoms with van der Waals surface area (Å²) in [5, 5.41) is 3.47. The molecule has 84 valence electrons. The van der Waals surface area contributed by atoms with Gasteiger partial charge in [0.2, 0.25) is 0 Å². The number of hydrogen-bond donors (Lipinski definition) is 1. The number of hydrogen-bond acceptors (Lipinski definition) is 3. The second-order valence-corrected chi connectivity index (χ2v) is 4.71. The molecule has 1 N–H and O–H groups in total. The topological polar surface area (TPSA) is 28.4 Å². The minimum absolute atomic E-state index is 0.742. The fourth-order valence-electron chi connectivity index (χ4n) is 1.68. The van der Waals surface area contributed by atoms with Gasteiger partial charge in [0.05, 0.1) is 13.1 Å². The molecule has 15 heavy (non-hydrogen) atoms. The van der Waals surface area contributed by atoms with E-state index in [0.29, 0.717) is 0 Å². The zero-order chi connectivity index (χ0) is 10.8. The number of rotatable bonds is 5. The van der Waals surface area contributed by atoms with Gasteiger partial charge in [-0.1, -0.05) is 0 Å². The van der Waals surface area contributed by atoms with E-state index in [2.05, 4.69) is 37.3 Å². The third-order valence-electron chi connectivity index (χ3n) is 2.67. The van der Waals surface area contributed by atoms with Crippen molar-refractivity contribution in [2.75, 3.05) is 14.1 Å². The van der Waals surface area contributed by atoms with E-state index in [0.717, 1.165) is 30.7 Å². The fraction of sp³-hybridized carbons (Fsp3) is 0.667. The van der Waals surface area contributed by atoms with Crippen LogP contribution in [-0.2, 0) is 13.1 Å². The highest BCUT2D eigenvalue weighted by atomic mass is 16.3. The zero-order valence-electron chi connectivity index (χ0n) is 9.84. The molecule has 3 nitrogen and oxygen atoms in total. The lowest BCUT2D eigenvalue weighted by Crippen LogP contribution is -2.15. The molecular weight excluding hydrogens is 188 g/mol. The molecule has 0 atom stereocenters. The van der Waals surface area contributed by atoms with Crippen LogP contribution in [0.25, 0.3) is 0 Å². The highest BCUT2D eigenvalue weighted by Gasteiger charge is 2.21. The molecule has 0 bridgehead atoms. The van der Waals surface area contributed by atoms with Crippen LogP contribution in [0.5, 0.6) is 0 Å². The van der Waals surface area contributed by atoms with Crippen LogP contribution in [0, 0.1) is 6.92 Å². The van der Waals surface area contributed by atoms with Crippen LogP contribution in [0.15, 0.2) is 10.5 Å². The van der Waals surface area contributed by atoms with Gasteiger partial charge in [0.15, 0.2) is 0 Å². The van der Waals surface area contributed by atoms with Crippen LogP contribution in [0.1, 0.15) is 29.9 Å². The maximum Gasteiger partial charge on any atom is 0.120 e. The Morgan fingerprint density at radius 1 is 1.47 bits per heavy atom. The van der Waals surface area contributed by atoms with E-state index in [9.17, 15) is 0 Å². The molecule has 1 fully saturated rings. The molecule has 0 aromatic carbocycles. The molecule has 0 radical (unpaired) electrons. The summed E-state index contributed by atoms with van der Waals surface area (Å²) in [6.07, 6.45) is 2.65. The first kappa shape index (κ1) is 10.7. The first-order chi connectivity index (χ1) is 7.15. The Bertz CT molecular complexity index is 326. The minimum Gasteiger partial charge on any atom is -0.463 e. The standard InChI is InChI=1S/C12H20N2O/c1-9-6-11(8-14(2)3)15-12(9)7-13-10-4-5-10/h6,10,13H,4-5,7-8H2,1-3H3. The van der Waals surface area contributed by atoms with Crippen molar-refractivity contribution in [2.45, 2.75) is 38.9 Å². The van der Waals surface area contributed by atoms with Gasteiger partial charge in [0, 0.05) is 6.04 Å². The van der Waals surface area contributed by atoms with Crippen molar-refractivity contribution in [3.63, 3.8) is 0 Å². The average Bonchev–Trinajstić information content (AvgIpc) is 2.89. The number of nitrogens with zero attached hydrogens (tertiary/aromatic N) is 1. The smallest absolute Gasteiger partial charge is 0.120 e. The highest BCUT2D eigenvalue weighted by molar-refractivity contribution is 5.20. The summed E-state index contributed by atoms with van der Waals surface area (Å²) in [6, 6.07) is 2.89. The molecular formula is C12H20N2O.